The predicted molar refractivity (Wildman–Crippen MR) is 193 cm³/mol. The Balaban J connectivity index is 0.834. The van der Waals surface area contributed by atoms with E-state index in [4.69, 9.17) is 30.4 Å². The van der Waals surface area contributed by atoms with Gasteiger partial charge >= 0.3 is 12.2 Å². The Morgan fingerprint density at radius 1 is 0.679 bits per heavy atom. The Hall–Kier alpha value is -4.78. The summed E-state index contributed by atoms with van der Waals surface area (Å²) in [5.74, 6) is -2.08. The van der Waals surface area contributed by atoms with Gasteiger partial charge in [-0.05, 0) is 51.4 Å². The van der Waals surface area contributed by atoms with Crippen LogP contribution in [0.4, 0.5) is 9.59 Å². The number of fused-ring (bicyclic) bond motifs is 8. The lowest BCUT2D eigenvalue weighted by Crippen LogP contribution is -2.55. The minimum Gasteiger partial charge on any atom is -0.449 e. The Morgan fingerprint density at radius 3 is 1.39 bits per heavy atom. The zero-order chi connectivity index (χ0) is 39.6. The van der Waals surface area contributed by atoms with Gasteiger partial charge in [0, 0.05) is 74.8 Å². The molecule has 9 rings (SSSR count). The van der Waals surface area contributed by atoms with Crippen molar-refractivity contribution in [3.63, 3.8) is 0 Å². The van der Waals surface area contributed by atoms with Crippen LogP contribution in [-0.4, -0.2) is 134 Å². The minimum atomic E-state index is -1.04. The second-order valence-corrected chi connectivity index (χ2v) is 16.5. The molecule has 0 spiro atoms. The van der Waals surface area contributed by atoms with Gasteiger partial charge in [-0.1, -0.05) is 0 Å². The highest BCUT2D eigenvalue weighted by Gasteiger charge is 2.74. The highest BCUT2D eigenvalue weighted by Crippen LogP contribution is 2.57. The van der Waals surface area contributed by atoms with Crippen LogP contribution in [0.1, 0.15) is 39.5 Å². The highest BCUT2D eigenvalue weighted by molar-refractivity contribution is 6.26. The van der Waals surface area contributed by atoms with Gasteiger partial charge in [-0.3, -0.25) is 19.2 Å². The Morgan fingerprint density at radius 2 is 1.05 bits per heavy atom. The van der Waals surface area contributed by atoms with Crippen LogP contribution in [0.3, 0.4) is 0 Å². The molecule has 0 radical (unpaired) electrons. The van der Waals surface area contributed by atoms with Crippen molar-refractivity contribution in [3.8, 4) is 0 Å². The van der Waals surface area contributed by atoms with E-state index in [1.54, 1.807) is 13.8 Å². The van der Waals surface area contributed by atoms with Crippen LogP contribution in [0.2, 0.25) is 0 Å². The molecule has 3 aliphatic carbocycles. The minimum absolute atomic E-state index is 0.104. The molecule has 4 saturated heterocycles. The van der Waals surface area contributed by atoms with Gasteiger partial charge in [0.05, 0.1) is 46.7 Å². The number of carbonyl (C=O) groups is 6. The van der Waals surface area contributed by atoms with Crippen LogP contribution < -0.4 is 32.7 Å². The number of ketones is 4. The summed E-state index contributed by atoms with van der Waals surface area (Å²) in [6.07, 6.45) is 1.45. The van der Waals surface area contributed by atoms with Crippen molar-refractivity contribution in [2.45, 2.75) is 75.1 Å². The van der Waals surface area contributed by atoms with Crippen molar-refractivity contribution >= 4 is 35.3 Å². The zero-order valence-corrected chi connectivity index (χ0v) is 31.8. The number of carbonyl (C=O) groups excluding carboxylic acids is 6. The number of piperazine rings is 2. The first-order chi connectivity index (χ1) is 26.8. The Bertz CT molecular complexity index is 1860. The third-order valence-corrected chi connectivity index (χ3v) is 14.0. The summed E-state index contributed by atoms with van der Waals surface area (Å²) < 4.78 is 22.6. The maximum atomic E-state index is 14.2. The summed E-state index contributed by atoms with van der Waals surface area (Å²) in [6, 6.07) is -0.0434. The van der Waals surface area contributed by atoms with E-state index in [0.29, 0.717) is 48.7 Å². The third kappa shape index (κ3) is 5.00. The van der Waals surface area contributed by atoms with Gasteiger partial charge < -0.3 is 61.5 Å². The molecule has 56 heavy (non-hydrogen) atoms. The molecule has 0 aromatic heterocycles. The highest BCUT2D eigenvalue weighted by atomic mass is 16.6. The van der Waals surface area contributed by atoms with Crippen LogP contribution in [0.5, 0.6) is 0 Å². The van der Waals surface area contributed by atoms with Gasteiger partial charge in [0.15, 0.2) is 11.4 Å². The van der Waals surface area contributed by atoms with Crippen LogP contribution in [-0.2, 0) is 38.1 Å². The SMILES string of the molecule is CO[C@@]12[C@H](COC(N)=O)C3=C(C(=O)C(C)=C(NCC4CCC(CNC5=C(C)C(=O)C6=C(C5=O)[C@@H](COC(N)=O)[C@@]5(OC)[C@H]7N[C@H]7CN65)CC4)C3=O)N1C[C@@H]1N[C@@H]12. The number of hydrogen-bond donors (Lipinski definition) is 6. The maximum absolute atomic E-state index is 14.2. The number of nitrogens with one attached hydrogen (secondary N) is 4. The topological polar surface area (TPSA) is 266 Å². The molecule has 300 valence electrons. The molecule has 6 heterocycles. The second-order valence-electron chi connectivity index (χ2n) is 16.5. The number of allylic oxidation sites excluding steroid dienone is 4. The molecule has 0 unspecified atom stereocenters. The molecule has 5 fully saturated rings. The average Bonchev–Trinajstić information content (AvgIpc) is 4.01. The van der Waals surface area contributed by atoms with E-state index in [9.17, 15) is 28.8 Å². The average molecular weight is 777 g/mol. The molecule has 0 aromatic carbocycles. The van der Waals surface area contributed by atoms with E-state index < -0.39 is 35.5 Å². The zero-order valence-electron chi connectivity index (χ0n) is 31.8. The lowest BCUT2D eigenvalue weighted by molar-refractivity contribution is -0.137. The number of amides is 2. The molecule has 18 heteroatoms. The monoisotopic (exact) mass is 776 g/mol. The molecule has 0 aromatic rings. The molecule has 1 saturated carbocycles. The first-order valence-electron chi connectivity index (χ1n) is 19.4. The first kappa shape index (κ1) is 36.8. The van der Waals surface area contributed by atoms with Crippen LogP contribution in [0.25, 0.3) is 0 Å². The molecule has 0 bridgehead atoms. The fourth-order valence-electron chi connectivity index (χ4n) is 11.1. The summed E-state index contributed by atoms with van der Waals surface area (Å²) in [6.45, 7) is 4.89. The van der Waals surface area contributed by atoms with Crippen molar-refractivity contribution in [2.24, 2.45) is 35.1 Å². The van der Waals surface area contributed by atoms with E-state index in [-0.39, 0.29) is 94.9 Å². The number of ether oxygens (including phenoxy) is 4. The molecule has 6 aliphatic heterocycles. The fourth-order valence-corrected chi connectivity index (χ4v) is 11.1. The summed E-state index contributed by atoms with van der Waals surface area (Å²) in [4.78, 5) is 83.3. The number of primary amides is 2. The smallest absolute Gasteiger partial charge is 0.404 e. The van der Waals surface area contributed by atoms with E-state index in [1.165, 1.54) is 14.2 Å². The molecule has 18 nitrogen and oxygen atoms in total. The van der Waals surface area contributed by atoms with E-state index >= 15 is 0 Å². The van der Waals surface area contributed by atoms with Gasteiger partial charge in [0.1, 0.15) is 13.2 Å². The van der Waals surface area contributed by atoms with Crippen LogP contribution >= 0.6 is 0 Å². The van der Waals surface area contributed by atoms with Crippen LogP contribution in [0, 0.1) is 23.7 Å². The summed E-state index contributed by atoms with van der Waals surface area (Å²) in [5, 5.41) is 13.4. The van der Waals surface area contributed by atoms with Gasteiger partial charge in [-0.2, -0.15) is 0 Å². The molecule has 2 amide bonds. The largest absolute Gasteiger partial charge is 0.449 e. The van der Waals surface area contributed by atoms with Crippen molar-refractivity contribution in [1.82, 2.24) is 31.1 Å². The summed E-state index contributed by atoms with van der Waals surface area (Å²) in [5.41, 5.74) is 10.9. The molecule has 9 aliphatic rings. The van der Waals surface area contributed by atoms with Crippen molar-refractivity contribution < 1.29 is 47.7 Å². The molecular formula is C38H48N8O10. The number of rotatable bonds is 12. The number of Topliss-reactive ketones (excluding diaryl/α,β-unsaturated/α-hetero) is 4. The molecule has 8 atom stereocenters. The number of hydrogen-bond acceptors (Lipinski definition) is 16. The second kappa shape index (κ2) is 12.9. The summed E-state index contributed by atoms with van der Waals surface area (Å²) in [7, 11) is 3.08. The predicted octanol–water partition coefficient (Wildman–Crippen LogP) is -1.22. The fraction of sp³-hybridized carbons (Fsp3) is 0.632. The number of nitrogens with two attached hydrogens (primary N) is 2. The molecular weight excluding hydrogens is 728 g/mol. The normalized spacial score (nSPS) is 37.7. The lowest BCUT2D eigenvalue weighted by Gasteiger charge is -2.39. The standard InChI is InChI=1S/C38H48N8O10/c1-15-25(31(49)23-19(13-55-35(39)51)37(53-3)33-21(43-33)11-45(37)27(23)29(15)47)41-9-17-5-7-18(8-6-17)10-42-26-16(2)30(48)28-24(32(26)50)20(14-56-36(40)52)38(54-4)34-22(44-34)12-46(28)38/h17-22,33-34,41-44H,5-14H2,1-4H3,(H2,39,51)(H2,40,52)/t17?,18?,19-,20-,21+,22+,33+,34+,37-,38-/m1/s1. The number of nitrogens with zero attached hydrogens (tertiary/aromatic N) is 2. The Labute approximate surface area is 322 Å². The quantitative estimate of drug-likeness (QED) is 0.100. The van der Waals surface area contributed by atoms with E-state index in [1.807, 2.05) is 9.80 Å². The summed E-state index contributed by atoms with van der Waals surface area (Å²) >= 11 is 0. The number of methoxy groups -OCH3 is 2. The molecule has 8 N–H and O–H groups in total. The van der Waals surface area contributed by atoms with Crippen molar-refractivity contribution in [3.05, 3.63) is 45.1 Å². The van der Waals surface area contributed by atoms with Gasteiger partial charge in [0.25, 0.3) is 0 Å². The Kier molecular flexibility index (Phi) is 8.47. The van der Waals surface area contributed by atoms with Gasteiger partial charge in [-0.25, -0.2) is 9.59 Å². The van der Waals surface area contributed by atoms with E-state index in [0.717, 1.165) is 25.7 Å². The van der Waals surface area contributed by atoms with E-state index in [2.05, 4.69) is 21.3 Å². The van der Waals surface area contributed by atoms with Crippen molar-refractivity contribution in [1.29, 1.82) is 0 Å². The van der Waals surface area contributed by atoms with Gasteiger partial charge in [0.2, 0.25) is 23.1 Å². The van der Waals surface area contributed by atoms with Crippen LogP contribution in [0.15, 0.2) is 45.1 Å². The lowest BCUT2D eigenvalue weighted by atomic mass is 9.80. The first-order valence-corrected chi connectivity index (χ1v) is 19.4. The third-order valence-electron chi connectivity index (χ3n) is 14.0. The van der Waals surface area contributed by atoms with Crippen molar-refractivity contribution in [2.75, 3.05) is 53.6 Å². The van der Waals surface area contributed by atoms with Gasteiger partial charge in [-0.15, -0.1) is 0 Å². The maximum Gasteiger partial charge on any atom is 0.404 e.